The maximum Gasteiger partial charge on any atom is 0.246 e. The van der Waals surface area contributed by atoms with Crippen LogP contribution in [-0.2, 0) is 10.0 Å². The highest BCUT2D eigenvalue weighted by molar-refractivity contribution is 9.10. The summed E-state index contributed by atoms with van der Waals surface area (Å²) in [5, 5.41) is 0.294. The summed E-state index contributed by atoms with van der Waals surface area (Å²) in [4.78, 5) is 0.00333. The zero-order valence-corrected chi connectivity index (χ0v) is 16.1. The van der Waals surface area contributed by atoms with Crippen LogP contribution in [0, 0.1) is 11.3 Å². The second-order valence-electron chi connectivity index (χ2n) is 6.41. The van der Waals surface area contributed by atoms with Gasteiger partial charge in [0.15, 0.2) is 0 Å². The minimum absolute atomic E-state index is 0.00333. The van der Waals surface area contributed by atoms with E-state index in [2.05, 4.69) is 36.7 Å². The van der Waals surface area contributed by atoms with Crippen LogP contribution in [0.4, 0.5) is 0 Å². The van der Waals surface area contributed by atoms with E-state index in [1.165, 1.54) is 4.31 Å². The molecule has 21 heavy (non-hydrogen) atoms. The molecule has 1 saturated heterocycles. The van der Waals surface area contributed by atoms with Gasteiger partial charge in [0.05, 0.1) is 10.0 Å². The van der Waals surface area contributed by atoms with Crippen LogP contribution in [0.15, 0.2) is 21.5 Å². The molecule has 0 saturated carbocycles. The van der Waals surface area contributed by atoms with Crippen LogP contribution in [0.25, 0.3) is 0 Å². The van der Waals surface area contributed by atoms with Gasteiger partial charge in [-0.3, -0.25) is 0 Å². The van der Waals surface area contributed by atoms with E-state index in [0.717, 1.165) is 6.42 Å². The second kappa shape index (κ2) is 6.00. The highest BCUT2D eigenvalue weighted by Gasteiger charge is 2.39. The SMILES string of the molecule is CC(C)(C)C1CCN(S(=O)(=O)c2c(Cl)cc(Br)cc2Cl)C1. The summed E-state index contributed by atoms with van der Waals surface area (Å²) in [5.74, 6) is 0.334. The van der Waals surface area contributed by atoms with Crippen LogP contribution in [0.3, 0.4) is 0 Å². The number of sulfonamides is 1. The number of benzene rings is 1. The Hall–Kier alpha value is 0.190. The molecule has 7 heteroatoms. The van der Waals surface area contributed by atoms with Gasteiger partial charge in [0.1, 0.15) is 4.90 Å². The predicted octanol–water partition coefficient (Wildman–Crippen LogP) is 4.81. The van der Waals surface area contributed by atoms with Crippen molar-refractivity contribution in [3.05, 3.63) is 26.7 Å². The van der Waals surface area contributed by atoms with Crippen LogP contribution in [0.5, 0.6) is 0 Å². The Morgan fingerprint density at radius 2 is 1.76 bits per heavy atom. The minimum atomic E-state index is -3.66. The van der Waals surface area contributed by atoms with Crippen LogP contribution in [0.1, 0.15) is 27.2 Å². The Balaban J connectivity index is 2.37. The first-order chi connectivity index (χ1) is 9.53. The molecule has 1 fully saturated rings. The largest absolute Gasteiger partial charge is 0.246 e. The van der Waals surface area contributed by atoms with Gasteiger partial charge in [0.2, 0.25) is 10.0 Å². The molecule has 1 atom stereocenters. The lowest BCUT2D eigenvalue weighted by molar-refractivity contribution is 0.252. The lowest BCUT2D eigenvalue weighted by atomic mass is 9.80. The first-order valence-electron chi connectivity index (χ1n) is 6.68. The molecule has 2 rings (SSSR count). The summed E-state index contributed by atoms with van der Waals surface area (Å²) in [6.07, 6.45) is 0.856. The van der Waals surface area contributed by atoms with Crippen molar-refractivity contribution in [2.45, 2.75) is 32.1 Å². The Morgan fingerprint density at radius 3 is 2.19 bits per heavy atom. The molecular weight excluding hydrogens is 397 g/mol. The molecule has 0 spiro atoms. The molecule has 1 unspecified atom stereocenters. The minimum Gasteiger partial charge on any atom is -0.207 e. The van der Waals surface area contributed by atoms with Gasteiger partial charge in [-0.25, -0.2) is 8.42 Å². The van der Waals surface area contributed by atoms with Crippen molar-refractivity contribution < 1.29 is 8.42 Å². The molecule has 1 aromatic rings. The Labute approximate surface area is 144 Å². The van der Waals surface area contributed by atoms with Gasteiger partial charge >= 0.3 is 0 Å². The summed E-state index contributed by atoms with van der Waals surface area (Å²) in [6, 6.07) is 3.11. The molecule has 1 aliphatic rings. The Morgan fingerprint density at radius 1 is 1.24 bits per heavy atom. The summed E-state index contributed by atoms with van der Waals surface area (Å²) < 4.78 is 27.8. The van der Waals surface area contributed by atoms with Crippen molar-refractivity contribution in [3.8, 4) is 0 Å². The van der Waals surface area contributed by atoms with Gasteiger partial charge in [0.25, 0.3) is 0 Å². The molecule has 1 aliphatic heterocycles. The average molecular weight is 415 g/mol. The lowest BCUT2D eigenvalue weighted by Gasteiger charge is -2.27. The lowest BCUT2D eigenvalue weighted by Crippen LogP contribution is -2.31. The molecule has 0 aliphatic carbocycles. The molecule has 0 N–H and O–H groups in total. The van der Waals surface area contributed by atoms with Crippen molar-refractivity contribution >= 4 is 49.2 Å². The quantitative estimate of drug-likeness (QED) is 0.695. The third-order valence-electron chi connectivity index (χ3n) is 3.94. The third-order valence-corrected chi connectivity index (χ3v) is 7.18. The maximum atomic E-state index is 12.8. The third kappa shape index (κ3) is 3.58. The highest BCUT2D eigenvalue weighted by Crippen LogP contribution is 2.39. The normalized spacial score (nSPS) is 21.0. The van der Waals surface area contributed by atoms with Gasteiger partial charge in [-0.05, 0) is 29.9 Å². The fourth-order valence-corrected chi connectivity index (χ4v) is 5.94. The molecule has 0 bridgehead atoms. The van der Waals surface area contributed by atoms with E-state index in [1.54, 1.807) is 12.1 Å². The number of nitrogens with zero attached hydrogens (tertiary/aromatic N) is 1. The molecule has 3 nitrogen and oxygen atoms in total. The molecule has 0 aromatic heterocycles. The van der Waals surface area contributed by atoms with Crippen molar-refractivity contribution in [1.29, 1.82) is 0 Å². The van der Waals surface area contributed by atoms with Crippen LogP contribution < -0.4 is 0 Å². The maximum absolute atomic E-state index is 12.8. The zero-order valence-electron chi connectivity index (χ0n) is 12.2. The van der Waals surface area contributed by atoms with Gasteiger partial charge in [-0.1, -0.05) is 59.9 Å². The van der Waals surface area contributed by atoms with E-state index in [9.17, 15) is 8.42 Å². The fraction of sp³-hybridized carbons (Fsp3) is 0.571. The molecular formula is C14H18BrCl2NO2S. The van der Waals surface area contributed by atoms with E-state index in [-0.39, 0.29) is 20.4 Å². The van der Waals surface area contributed by atoms with Crippen LogP contribution >= 0.6 is 39.1 Å². The highest BCUT2D eigenvalue weighted by atomic mass is 79.9. The Kier molecular flexibility index (Phi) is 5.02. The molecule has 1 heterocycles. The van der Waals surface area contributed by atoms with Crippen molar-refractivity contribution in [2.24, 2.45) is 11.3 Å². The van der Waals surface area contributed by atoms with Gasteiger partial charge in [-0.15, -0.1) is 0 Å². The van der Waals surface area contributed by atoms with Gasteiger partial charge in [0, 0.05) is 17.6 Å². The van der Waals surface area contributed by atoms with Gasteiger partial charge < -0.3 is 0 Å². The zero-order chi connectivity index (χ0) is 16.0. The van der Waals surface area contributed by atoms with E-state index < -0.39 is 10.0 Å². The van der Waals surface area contributed by atoms with Crippen molar-refractivity contribution in [1.82, 2.24) is 4.31 Å². The van der Waals surface area contributed by atoms with E-state index >= 15 is 0 Å². The molecule has 0 radical (unpaired) electrons. The number of halogens is 3. The first-order valence-corrected chi connectivity index (χ1v) is 9.67. The van der Waals surface area contributed by atoms with Crippen LogP contribution in [0.2, 0.25) is 10.0 Å². The number of rotatable bonds is 2. The molecule has 0 amide bonds. The molecule has 1 aromatic carbocycles. The second-order valence-corrected chi connectivity index (χ2v) is 10.0. The topological polar surface area (TPSA) is 37.4 Å². The predicted molar refractivity (Wildman–Crippen MR) is 90.5 cm³/mol. The van der Waals surface area contributed by atoms with E-state index in [1.807, 2.05) is 0 Å². The molecule has 118 valence electrons. The van der Waals surface area contributed by atoms with Crippen molar-refractivity contribution in [3.63, 3.8) is 0 Å². The fourth-order valence-electron chi connectivity index (χ4n) is 2.56. The monoisotopic (exact) mass is 413 g/mol. The summed E-state index contributed by atoms with van der Waals surface area (Å²) >= 11 is 15.5. The Bertz CT molecular complexity index is 632. The summed E-state index contributed by atoms with van der Waals surface area (Å²) in [7, 11) is -3.66. The number of hydrogen-bond donors (Lipinski definition) is 0. The average Bonchev–Trinajstić information content (AvgIpc) is 2.75. The van der Waals surface area contributed by atoms with E-state index in [0.29, 0.717) is 23.5 Å². The summed E-state index contributed by atoms with van der Waals surface area (Å²) in [5.41, 5.74) is 0.0809. The summed E-state index contributed by atoms with van der Waals surface area (Å²) in [6.45, 7) is 7.41. The van der Waals surface area contributed by atoms with Gasteiger partial charge in [-0.2, -0.15) is 4.31 Å². The number of hydrogen-bond acceptors (Lipinski definition) is 2. The van der Waals surface area contributed by atoms with Crippen LogP contribution in [-0.4, -0.2) is 25.8 Å². The van der Waals surface area contributed by atoms with Crippen molar-refractivity contribution in [2.75, 3.05) is 13.1 Å². The smallest absolute Gasteiger partial charge is 0.207 e. The van der Waals surface area contributed by atoms with E-state index in [4.69, 9.17) is 23.2 Å². The standard InChI is InChI=1S/C14H18BrCl2NO2S/c1-14(2,3)9-4-5-18(8-9)21(19,20)13-11(16)6-10(15)7-12(13)17/h6-7,9H,4-5,8H2,1-3H3. The first kappa shape index (κ1) is 17.5.